The largest absolute Gasteiger partial charge is 0.354 e. The number of nitrogens with zero attached hydrogens (tertiary/aromatic N) is 7. The second-order valence-electron chi connectivity index (χ2n) is 8.03. The topological polar surface area (TPSA) is 80.0 Å². The molecule has 4 aromatic rings. The normalized spacial score (nSPS) is 16.5. The molecule has 8 nitrogen and oxygen atoms in total. The third kappa shape index (κ3) is 4.22. The van der Waals surface area contributed by atoms with E-state index in [0.717, 1.165) is 42.1 Å². The fourth-order valence-electron chi connectivity index (χ4n) is 3.84. The molecule has 0 atom stereocenters. The molecule has 0 N–H and O–H groups in total. The van der Waals surface area contributed by atoms with Crippen molar-refractivity contribution in [2.24, 2.45) is 6.98 Å². The molecule has 0 unspecified atom stereocenters. The van der Waals surface area contributed by atoms with E-state index in [1.54, 1.807) is 30.6 Å². The summed E-state index contributed by atoms with van der Waals surface area (Å²) in [6, 6.07) is 9.06. The number of hydrogen-bond donors (Lipinski definition) is 0. The number of piperazine rings is 1. The predicted octanol–water partition coefficient (Wildman–Crippen LogP) is 2.60. The van der Waals surface area contributed by atoms with E-state index < -0.39 is 6.98 Å². The number of fused-ring (bicyclic) bond motifs is 1. The van der Waals surface area contributed by atoms with Gasteiger partial charge < -0.3 is 9.80 Å². The molecule has 1 saturated heterocycles. The molecule has 5 rings (SSSR count). The third-order valence-electron chi connectivity index (χ3n) is 5.75. The van der Waals surface area contributed by atoms with E-state index in [1.165, 1.54) is 12.4 Å². The highest BCUT2D eigenvalue weighted by Crippen LogP contribution is 2.21. The van der Waals surface area contributed by atoms with Crippen molar-refractivity contribution in [2.75, 3.05) is 38.1 Å². The van der Waals surface area contributed by atoms with Gasteiger partial charge in [0.05, 0.1) is 29.5 Å². The van der Waals surface area contributed by atoms with E-state index in [0.29, 0.717) is 28.0 Å². The van der Waals surface area contributed by atoms with Crippen molar-refractivity contribution < 1.29 is 8.91 Å². The van der Waals surface area contributed by atoms with E-state index in [-0.39, 0.29) is 12.2 Å². The summed E-state index contributed by atoms with van der Waals surface area (Å²) in [5, 5.41) is 4.75. The molecular formula is C24H25N7O. The van der Waals surface area contributed by atoms with Gasteiger partial charge in [-0.1, -0.05) is 0 Å². The number of aryl methyl sites for hydroxylation is 1. The maximum atomic E-state index is 13.0. The van der Waals surface area contributed by atoms with Crippen LogP contribution >= 0.6 is 0 Å². The number of rotatable bonds is 5. The van der Waals surface area contributed by atoms with Gasteiger partial charge in [-0.3, -0.25) is 14.5 Å². The van der Waals surface area contributed by atoms with Gasteiger partial charge >= 0.3 is 0 Å². The molecule has 32 heavy (non-hydrogen) atoms. The molecule has 0 saturated carbocycles. The van der Waals surface area contributed by atoms with Crippen molar-refractivity contribution in [1.29, 1.82) is 0 Å². The van der Waals surface area contributed by atoms with Crippen LogP contribution in [-0.4, -0.2) is 68.6 Å². The van der Waals surface area contributed by atoms with Gasteiger partial charge in [0.2, 0.25) is 0 Å². The van der Waals surface area contributed by atoms with Crippen LogP contribution in [0.2, 0.25) is 0 Å². The maximum Gasteiger partial charge on any atom is 0.169 e. The van der Waals surface area contributed by atoms with Gasteiger partial charge in [0, 0.05) is 72.4 Å². The van der Waals surface area contributed by atoms with Crippen LogP contribution in [0.25, 0.3) is 22.2 Å². The quantitative estimate of drug-likeness (QED) is 0.450. The number of ketones is 1. The fourth-order valence-corrected chi connectivity index (χ4v) is 3.84. The van der Waals surface area contributed by atoms with E-state index in [9.17, 15) is 4.79 Å². The highest BCUT2D eigenvalue weighted by atomic mass is 16.1. The van der Waals surface area contributed by atoms with Gasteiger partial charge in [-0.15, -0.1) is 0 Å². The Kier molecular flexibility index (Phi) is 4.49. The molecule has 8 heteroatoms. The first kappa shape index (κ1) is 17.0. The Bertz CT molecular complexity index is 1380. The number of Topliss-reactive ketones (excluding diaryl/α,β-unsaturated/α-hetero) is 1. The molecule has 1 aliphatic heterocycles. The molecule has 0 aliphatic carbocycles. The van der Waals surface area contributed by atoms with E-state index in [2.05, 4.69) is 36.9 Å². The average Bonchev–Trinajstić information content (AvgIpc) is 3.35. The second kappa shape index (κ2) is 8.47. The molecule has 1 fully saturated rings. The molecule has 1 aliphatic rings. The molecular weight excluding hydrogens is 402 g/mol. The van der Waals surface area contributed by atoms with Crippen molar-refractivity contribution in [2.45, 2.75) is 6.42 Å². The fraction of sp³-hybridized carbons (Fsp3) is 0.292. The van der Waals surface area contributed by atoms with E-state index in [4.69, 9.17) is 4.11 Å². The third-order valence-corrected chi connectivity index (χ3v) is 5.75. The van der Waals surface area contributed by atoms with Crippen molar-refractivity contribution in [3.63, 3.8) is 0 Å². The monoisotopic (exact) mass is 430 g/mol. The lowest BCUT2D eigenvalue weighted by atomic mass is 10.1. The Morgan fingerprint density at radius 2 is 1.97 bits per heavy atom. The van der Waals surface area contributed by atoms with Crippen molar-refractivity contribution >= 4 is 22.5 Å². The van der Waals surface area contributed by atoms with Crippen LogP contribution in [0, 0.1) is 0 Å². The zero-order chi connectivity index (χ0) is 24.6. The summed E-state index contributed by atoms with van der Waals surface area (Å²) >= 11 is 0. The number of carbonyl (C=O) groups excluding carboxylic acids is 1. The summed E-state index contributed by atoms with van der Waals surface area (Å²) in [5.74, 6) is 0.782. The summed E-state index contributed by atoms with van der Waals surface area (Å²) in [4.78, 5) is 31.1. The molecule has 162 valence electrons. The molecule has 5 heterocycles. The van der Waals surface area contributed by atoms with Crippen LogP contribution in [0.1, 0.15) is 20.2 Å². The molecule has 0 spiro atoms. The van der Waals surface area contributed by atoms with Crippen LogP contribution in [0.15, 0.2) is 55.1 Å². The van der Waals surface area contributed by atoms with Gasteiger partial charge in [-0.05, 0) is 37.4 Å². The van der Waals surface area contributed by atoms with Gasteiger partial charge in [0.1, 0.15) is 5.82 Å². The van der Waals surface area contributed by atoms with Crippen LogP contribution in [0.5, 0.6) is 0 Å². The van der Waals surface area contributed by atoms with Crippen LogP contribution in [0.3, 0.4) is 0 Å². The van der Waals surface area contributed by atoms with E-state index >= 15 is 0 Å². The number of likely N-dealkylation sites (N-methyl/N-ethyl adjacent to an activating group) is 1. The van der Waals surface area contributed by atoms with Gasteiger partial charge in [-0.25, -0.2) is 9.97 Å². The first-order valence-corrected chi connectivity index (χ1v) is 10.5. The Balaban J connectivity index is 1.35. The predicted molar refractivity (Wildman–Crippen MR) is 124 cm³/mol. The second-order valence-corrected chi connectivity index (χ2v) is 8.03. The zero-order valence-corrected chi connectivity index (χ0v) is 17.8. The molecule has 0 amide bonds. The number of pyridine rings is 3. The van der Waals surface area contributed by atoms with Crippen LogP contribution < -0.4 is 4.90 Å². The maximum absolute atomic E-state index is 13.0. The minimum atomic E-state index is -2.34. The number of aromatic nitrogens is 5. The van der Waals surface area contributed by atoms with Crippen molar-refractivity contribution in [1.82, 2.24) is 29.6 Å². The van der Waals surface area contributed by atoms with Gasteiger partial charge in [-0.2, -0.15) is 5.10 Å². The lowest BCUT2D eigenvalue weighted by Crippen LogP contribution is -2.44. The lowest BCUT2D eigenvalue weighted by molar-refractivity contribution is 0.0992. The summed E-state index contributed by atoms with van der Waals surface area (Å²) < 4.78 is 23.4. The highest BCUT2D eigenvalue weighted by molar-refractivity contribution is 5.98. The minimum Gasteiger partial charge on any atom is -0.354 e. The Morgan fingerprint density at radius 3 is 2.78 bits per heavy atom. The number of carbonyl (C=O) groups is 1. The van der Waals surface area contributed by atoms with Gasteiger partial charge in [0.25, 0.3) is 0 Å². The summed E-state index contributed by atoms with van der Waals surface area (Å²) in [7, 11) is 2.10. The lowest BCUT2D eigenvalue weighted by Gasteiger charge is -2.33. The summed E-state index contributed by atoms with van der Waals surface area (Å²) in [6.45, 7) is 1.35. The van der Waals surface area contributed by atoms with E-state index in [1.807, 2.05) is 12.1 Å². The molecule has 0 aromatic carbocycles. The molecule has 4 aromatic heterocycles. The van der Waals surface area contributed by atoms with Gasteiger partial charge in [0.15, 0.2) is 5.78 Å². The smallest absolute Gasteiger partial charge is 0.169 e. The van der Waals surface area contributed by atoms with Crippen LogP contribution in [0.4, 0.5) is 5.82 Å². The van der Waals surface area contributed by atoms with Crippen molar-refractivity contribution in [3.05, 3.63) is 66.4 Å². The first-order valence-electron chi connectivity index (χ1n) is 12.0. The SMILES string of the molecule is [2H]C([2H])([2H])n1cc(-c2ccc3cnc(CC(=O)c4ccnc(N5CCN(C)CC5)c4)cc3n2)cn1. The summed E-state index contributed by atoms with van der Waals surface area (Å²) in [5.41, 5.74) is 3.10. The zero-order valence-electron chi connectivity index (χ0n) is 20.8. The molecule has 0 bridgehead atoms. The standard InChI is InChI=1S/C24H25N7O/c1-29-7-9-31(10-8-29)24-11-17(5-6-25-24)23(32)13-20-12-22-18(14-26-20)3-4-21(28-22)19-15-27-30(2)16-19/h3-6,11-12,14-16H,7-10,13H2,1-2H3/i2D3. The number of hydrogen-bond acceptors (Lipinski definition) is 7. The Hall–Kier alpha value is -3.65. The van der Waals surface area contributed by atoms with Crippen molar-refractivity contribution in [3.8, 4) is 11.3 Å². The molecule has 0 radical (unpaired) electrons. The Morgan fingerprint density at radius 1 is 1.09 bits per heavy atom. The average molecular weight is 431 g/mol. The van der Waals surface area contributed by atoms with Crippen LogP contribution in [-0.2, 0) is 13.4 Å². The highest BCUT2D eigenvalue weighted by Gasteiger charge is 2.17. The number of anilines is 1. The minimum absolute atomic E-state index is 0.0373. The summed E-state index contributed by atoms with van der Waals surface area (Å²) in [6.07, 6.45) is 6.46. The first-order chi connectivity index (χ1) is 16.8. The Labute approximate surface area is 190 Å².